The number of rotatable bonds is 5. The van der Waals surface area contributed by atoms with Crippen molar-refractivity contribution in [2.45, 2.75) is 33.4 Å². The molecule has 1 heterocycles. The second-order valence-corrected chi connectivity index (χ2v) is 7.12. The van der Waals surface area contributed by atoms with Crippen LogP contribution in [0.5, 0.6) is 0 Å². The number of hydrogen-bond donors (Lipinski definition) is 2. The molecule has 0 fully saturated rings. The molecule has 1 unspecified atom stereocenters. The highest BCUT2D eigenvalue weighted by atomic mass is 79.9. The van der Waals surface area contributed by atoms with Crippen molar-refractivity contribution < 1.29 is 0 Å². The molecule has 0 aliphatic carbocycles. The standard InChI is InChI=1S/C16H21BrN4S/c1-4-18-16(20-10-15-19-9-11(2)22-15)21-12(3)13-7-5-6-8-14(13)17/h5-9,12H,4,10H2,1-3H3,(H2,18,20,21). The smallest absolute Gasteiger partial charge is 0.192 e. The Morgan fingerprint density at radius 1 is 1.41 bits per heavy atom. The lowest BCUT2D eigenvalue weighted by molar-refractivity contribution is 0.683. The summed E-state index contributed by atoms with van der Waals surface area (Å²) in [6.07, 6.45) is 1.89. The highest BCUT2D eigenvalue weighted by molar-refractivity contribution is 9.10. The molecule has 0 saturated heterocycles. The molecule has 0 radical (unpaired) electrons. The van der Waals surface area contributed by atoms with Gasteiger partial charge in [-0.25, -0.2) is 9.98 Å². The molecule has 1 atom stereocenters. The maximum absolute atomic E-state index is 4.62. The second kappa shape index (κ2) is 8.29. The van der Waals surface area contributed by atoms with Crippen molar-refractivity contribution >= 4 is 33.2 Å². The molecule has 0 spiro atoms. The van der Waals surface area contributed by atoms with Gasteiger partial charge >= 0.3 is 0 Å². The van der Waals surface area contributed by atoms with E-state index in [-0.39, 0.29) is 6.04 Å². The van der Waals surface area contributed by atoms with Crippen LogP contribution in [0.3, 0.4) is 0 Å². The third-order valence-electron chi connectivity index (χ3n) is 3.11. The van der Waals surface area contributed by atoms with Gasteiger partial charge in [0.05, 0.1) is 12.6 Å². The average Bonchev–Trinajstić information content (AvgIpc) is 2.91. The summed E-state index contributed by atoms with van der Waals surface area (Å²) in [5.74, 6) is 0.804. The van der Waals surface area contributed by atoms with Crippen LogP contribution in [-0.2, 0) is 6.54 Å². The minimum atomic E-state index is 0.159. The van der Waals surface area contributed by atoms with Crippen LogP contribution < -0.4 is 10.6 Å². The molecule has 1 aromatic heterocycles. The minimum Gasteiger partial charge on any atom is -0.357 e. The highest BCUT2D eigenvalue weighted by Gasteiger charge is 2.10. The number of thiazole rings is 1. The zero-order valence-corrected chi connectivity index (χ0v) is 15.5. The third-order valence-corrected chi connectivity index (χ3v) is 4.73. The van der Waals surface area contributed by atoms with E-state index in [0.717, 1.165) is 22.0 Å². The van der Waals surface area contributed by atoms with Gasteiger partial charge in [0, 0.05) is 22.1 Å². The summed E-state index contributed by atoms with van der Waals surface area (Å²) in [6.45, 7) is 7.67. The summed E-state index contributed by atoms with van der Waals surface area (Å²) in [7, 11) is 0. The first-order valence-electron chi connectivity index (χ1n) is 7.30. The van der Waals surface area contributed by atoms with Gasteiger partial charge in [-0.05, 0) is 32.4 Å². The van der Waals surface area contributed by atoms with Crippen LogP contribution in [0.1, 0.15) is 35.3 Å². The second-order valence-electron chi connectivity index (χ2n) is 4.95. The Morgan fingerprint density at radius 2 is 2.18 bits per heavy atom. The molecule has 1 aromatic carbocycles. The Kier molecular flexibility index (Phi) is 6.39. The molecule has 2 aromatic rings. The van der Waals surface area contributed by atoms with Crippen LogP contribution in [0, 0.1) is 6.92 Å². The number of aromatic nitrogens is 1. The van der Waals surface area contributed by atoms with Gasteiger partial charge in [-0.1, -0.05) is 34.1 Å². The lowest BCUT2D eigenvalue weighted by Gasteiger charge is -2.19. The predicted molar refractivity (Wildman–Crippen MR) is 97.4 cm³/mol. The first kappa shape index (κ1) is 17.0. The molecule has 0 amide bonds. The van der Waals surface area contributed by atoms with Crippen molar-refractivity contribution in [3.63, 3.8) is 0 Å². The molecule has 0 bridgehead atoms. The van der Waals surface area contributed by atoms with Crippen molar-refractivity contribution in [3.8, 4) is 0 Å². The number of aliphatic imine (C=N–C) groups is 1. The topological polar surface area (TPSA) is 49.3 Å². The molecule has 0 aliphatic heterocycles. The largest absolute Gasteiger partial charge is 0.357 e. The molecule has 2 rings (SSSR count). The normalized spacial score (nSPS) is 13.0. The molecule has 0 aliphatic rings. The summed E-state index contributed by atoms with van der Waals surface area (Å²) in [5.41, 5.74) is 1.21. The van der Waals surface area contributed by atoms with E-state index in [1.807, 2.05) is 18.3 Å². The molecule has 118 valence electrons. The monoisotopic (exact) mass is 380 g/mol. The maximum atomic E-state index is 4.62. The third kappa shape index (κ3) is 4.81. The number of guanidine groups is 1. The van der Waals surface area contributed by atoms with Gasteiger partial charge in [-0.2, -0.15) is 0 Å². The van der Waals surface area contributed by atoms with Gasteiger partial charge in [-0.3, -0.25) is 0 Å². The highest BCUT2D eigenvalue weighted by Crippen LogP contribution is 2.22. The van der Waals surface area contributed by atoms with Crippen LogP contribution in [0.15, 0.2) is 39.9 Å². The minimum absolute atomic E-state index is 0.159. The van der Waals surface area contributed by atoms with Gasteiger partial charge in [0.25, 0.3) is 0 Å². The molecule has 2 N–H and O–H groups in total. The zero-order chi connectivity index (χ0) is 15.9. The van der Waals surface area contributed by atoms with Crippen LogP contribution in [0.4, 0.5) is 0 Å². The van der Waals surface area contributed by atoms with E-state index in [9.17, 15) is 0 Å². The Bertz CT molecular complexity index is 639. The number of nitrogens with one attached hydrogen (secondary N) is 2. The first-order valence-corrected chi connectivity index (χ1v) is 8.91. The summed E-state index contributed by atoms with van der Waals surface area (Å²) in [5, 5.41) is 7.75. The van der Waals surface area contributed by atoms with E-state index in [1.54, 1.807) is 11.3 Å². The van der Waals surface area contributed by atoms with Crippen LogP contribution in [0.2, 0.25) is 0 Å². The number of benzene rings is 1. The summed E-state index contributed by atoms with van der Waals surface area (Å²) >= 11 is 5.28. The van der Waals surface area contributed by atoms with Gasteiger partial charge < -0.3 is 10.6 Å². The lowest BCUT2D eigenvalue weighted by Crippen LogP contribution is -2.38. The number of nitrogens with zero attached hydrogens (tertiary/aromatic N) is 2. The van der Waals surface area contributed by atoms with Crippen LogP contribution in [0.25, 0.3) is 0 Å². The molecule has 4 nitrogen and oxygen atoms in total. The van der Waals surface area contributed by atoms with E-state index in [2.05, 4.69) is 69.4 Å². The van der Waals surface area contributed by atoms with Crippen molar-refractivity contribution in [2.75, 3.05) is 6.54 Å². The molecule has 0 saturated carbocycles. The Labute approximate surface area is 144 Å². The van der Waals surface area contributed by atoms with Crippen LogP contribution >= 0.6 is 27.3 Å². The lowest BCUT2D eigenvalue weighted by atomic mass is 10.1. The average molecular weight is 381 g/mol. The predicted octanol–water partition coefficient (Wildman–Crippen LogP) is 4.03. The van der Waals surface area contributed by atoms with Crippen molar-refractivity contribution in [1.82, 2.24) is 15.6 Å². The van der Waals surface area contributed by atoms with E-state index in [1.165, 1.54) is 10.4 Å². The molecule has 6 heteroatoms. The first-order chi connectivity index (χ1) is 10.6. The van der Waals surface area contributed by atoms with Gasteiger partial charge in [-0.15, -0.1) is 11.3 Å². The SMILES string of the molecule is CCNC(=NCc1ncc(C)s1)NC(C)c1ccccc1Br. The Balaban J connectivity index is 2.06. The Hall–Kier alpha value is -1.40. The Morgan fingerprint density at radius 3 is 2.82 bits per heavy atom. The van der Waals surface area contributed by atoms with Crippen LogP contribution in [-0.4, -0.2) is 17.5 Å². The van der Waals surface area contributed by atoms with Crippen molar-refractivity contribution in [1.29, 1.82) is 0 Å². The fourth-order valence-corrected chi connectivity index (χ4v) is 3.39. The number of halogens is 1. The van der Waals surface area contributed by atoms with E-state index in [4.69, 9.17) is 0 Å². The summed E-state index contributed by atoms with van der Waals surface area (Å²) in [4.78, 5) is 10.2. The van der Waals surface area contributed by atoms with E-state index < -0.39 is 0 Å². The fraction of sp³-hybridized carbons (Fsp3) is 0.375. The molecule has 22 heavy (non-hydrogen) atoms. The molecular formula is C16H21BrN4S. The van der Waals surface area contributed by atoms with Crippen molar-refractivity contribution in [3.05, 3.63) is 50.4 Å². The number of aryl methyl sites for hydroxylation is 1. The van der Waals surface area contributed by atoms with E-state index in [0.29, 0.717) is 6.54 Å². The van der Waals surface area contributed by atoms with Gasteiger partial charge in [0.2, 0.25) is 0 Å². The summed E-state index contributed by atoms with van der Waals surface area (Å²) in [6, 6.07) is 8.38. The van der Waals surface area contributed by atoms with Gasteiger partial charge in [0.15, 0.2) is 5.96 Å². The zero-order valence-electron chi connectivity index (χ0n) is 13.1. The quantitative estimate of drug-likeness (QED) is 0.607. The molecular weight excluding hydrogens is 360 g/mol. The fourth-order valence-electron chi connectivity index (χ4n) is 2.05. The summed E-state index contributed by atoms with van der Waals surface area (Å²) < 4.78 is 1.10. The van der Waals surface area contributed by atoms with Crippen molar-refractivity contribution in [2.24, 2.45) is 4.99 Å². The van der Waals surface area contributed by atoms with Gasteiger partial charge in [0.1, 0.15) is 5.01 Å². The number of hydrogen-bond acceptors (Lipinski definition) is 3. The maximum Gasteiger partial charge on any atom is 0.192 e. The van der Waals surface area contributed by atoms with E-state index >= 15 is 0 Å².